The normalized spacial score (nSPS) is 24.0. The van der Waals surface area contributed by atoms with Crippen LogP contribution < -0.4 is 0 Å². The van der Waals surface area contributed by atoms with Crippen molar-refractivity contribution in [2.45, 2.75) is 26.7 Å². The van der Waals surface area contributed by atoms with Crippen LogP contribution in [0.15, 0.2) is 23.3 Å². The van der Waals surface area contributed by atoms with E-state index in [9.17, 15) is 4.79 Å². The molecule has 0 aromatic carbocycles. The number of aldehydes is 1. The Morgan fingerprint density at radius 3 is 2.91 bits per heavy atom. The van der Waals surface area contributed by atoms with Crippen LogP contribution in [-0.4, -0.2) is 6.29 Å². The summed E-state index contributed by atoms with van der Waals surface area (Å²) in [4.78, 5) is 10.5. The van der Waals surface area contributed by atoms with E-state index in [1.165, 1.54) is 5.57 Å². The van der Waals surface area contributed by atoms with Gasteiger partial charge in [0.25, 0.3) is 0 Å². The average Bonchev–Trinajstić information content (AvgIpc) is 2.04. The van der Waals surface area contributed by atoms with Gasteiger partial charge in [-0.3, -0.25) is 4.79 Å². The molecule has 1 aliphatic rings. The van der Waals surface area contributed by atoms with Crippen molar-refractivity contribution in [2.24, 2.45) is 5.92 Å². The fourth-order valence-corrected chi connectivity index (χ4v) is 1.46. The lowest BCUT2D eigenvalue weighted by molar-refractivity contribution is -0.105. The lowest BCUT2D eigenvalue weighted by Crippen LogP contribution is -2.07. The highest BCUT2D eigenvalue weighted by Gasteiger charge is 2.14. The third kappa shape index (κ3) is 1.79. The van der Waals surface area contributed by atoms with Crippen LogP contribution in [0.2, 0.25) is 0 Å². The van der Waals surface area contributed by atoms with E-state index < -0.39 is 0 Å². The Morgan fingerprint density at radius 1 is 1.64 bits per heavy atom. The molecule has 0 aromatic heterocycles. The van der Waals surface area contributed by atoms with E-state index in [0.717, 1.165) is 24.7 Å². The van der Waals surface area contributed by atoms with E-state index in [4.69, 9.17) is 0 Å². The van der Waals surface area contributed by atoms with Crippen molar-refractivity contribution in [2.75, 3.05) is 0 Å². The Hall–Kier alpha value is -0.850. The van der Waals surface area contributed by atoms with Crippen LogP contribution in [0, 0.1) is 5.92 Å². The summed E-state index contributed by atoms with van der Waals surface area (Å²) in [5.74, 6) is 0.470. The molecule has 0 radical (unpaired) electrons. The molecule has 1 nitrogen and oxygen atoms in total. The summed E-state index contributed by atoms with van der Waals surface area (Å²) in [5.41, 5.74) is 2.33. The summed E-state index contributed by atoms with van der Waals surface area (Å²) in [6.45, 7) is 4.24. The minimum absolute atomic E-state index is 0.470. The van der Waals surface area contributed by atoms with Crippen LogP contribution in [0.4, 0.5) is 0 Å². The van der Waals surface area contributed by atoms with Gasteiger partial charge in [0.2, 0.25) is 0 Å². The molecule has 60 valence electrons. The van der Waals surface area contributed by atoms with Crippen molar-refractivity contribution in [3.05, 3.63) is 23.3 Å². The van der Waals surface area contributed by atoms with Gasteiger partial charge in [0.1, 0.15) is 6.29 Å². The summed E-state index contributed by atoms with van der Waals surface area (Å²) >= 11 is 0. The number of allylic oxidation sites excluding steroid dienone is 4. The molecule has 0 fully saturated rings. The van der Waals surface area contributed by atoms with Crippen LogP contribution in [0.3, 0.4) is 0 Å². The Balaban J connectivity index is 2.79. The summed E-state index contributed by atoms with van der Waals surface area (Å²) in [7, 11) is 0. The molecule has 0 saturated carbocycles. The minimum atomic E-state index is 0.470. The van der Waals surface area contributed by atoms with E-state index >= 15 is 0 Å². The van der Waals surface area contributed by atoms with Gasteiger partial charge in [-0.2, -0.15) is 0 Å². The van der Waals surface area contributed by atoms with Crippen molar-refractivity contribution in [3.63, 3.8) is 0 Å². The van der Waals surface area contributed by atoms with Crippen LogP contribution in [-0.2, 0) is 4.79 Å². The van der Waals surface area contributed by atoms with E-state index in [1.807, 2.05) is 12.2 Å². The lowest BCUT2D eigenvalue weighted by Gasteiger charge is -2.18. The molecule has 0 amide bonds. The van der Waals surface area contributed by atoms with Gasteiger partial charge in [0, 0.05) is 0 Å². The fraction of sp³-hybridized carbons (Fsp3) is 0.500. The van der Waals surface area contributed by atoms with Crippen LogP contribution in [0.1, 0.15) is 26.7 Å². The molecular weight excluding hydrogens is 136 g/mol. The van der Waals surface area contributed by atoms with Crippen molar-refractivity contribution >= 4 is 6.29 Å². The predicted octanol–water partition coefficient (Wildman–Crippen LogP) is 2.49. The second kappa shape index (κ2) is 3.51. The van der Waals surface area contributed by atoms with Crippen molar-refractivity contribution in [1.82, 2.24) is 0 Å². The Labute approximate surface area is 67.8 Å². The highest BCUT2D eigenvalue weighted by Crippen LogP contribution is 2.25. The van der Waals surface area contributed by atoms with Gasteiger partial charge < -0.3 is 0 Å². The van der Waals surface area contributed by atoms with Gasteiger partial charge in [0.05, 0.1) is 0 Å². The molecule has 0 N–H and O–H groups in total. The zero-order valence-electron chi connectivity index (χ0n) is 7.13. The maximum absolute atomic E-state index is 10.5. The largest absolute Gasteiger partial charge is 0.298 e. The van der Waals surface area contributed by atoms with Gasteiger partial charge in [-0.05, 0) is 31.3 Å². The molecule has 1 atom stereocenters. The fourth-order valence-electron chi connectivity index (χ4n) is 1.46. The van der Waals surface area contributed by atoms with Gasteiger partial charge >= 0.3 is 0 Å². The Kier molecular flexibility index (Phi) is 2.64. The smallest absolute Gasteiger partial charge is 0.146 e. The van der Waals surface area contributed by atoms with Gasteiger partial charge in [0.15, 0.2) is 0 Å². The second-order valence-corrected chi connectivity index (χ2v) is 3.11. The SMILES string of the molecule is CC[C@H]1CC(C)=CC=C1C=O. The highest BCUT2D eigenvalue weighted by molar-refractivity contribution is 5.75. The molecule has 0 unspecified atom stereocenters. The van der Waals surface area contributed by atoms with Gasteiger partial charge in [-0.1, -0.05) is 24.6 Å². The van der Waals surface area contributed by atoms with Crippen molar-refractivity contribution in [1.29, 1.82) is 0 Å². The third-order valence-corrected chi connectivity index (χ3v) is 2.23. The molecule has 1 aliphatic carbocycles. The summed E-state index contributed by atoms with van der Waals surface area (Å²) in [5, 5.41) is 0. The van der Waals surface area contributed by atoms with Crippen molar-refractivity contribution in [3.8, 4) is 0 Å². The maximum Gasteiger partial charge on any atom is 0.146 e. The molecule has 0 saturated heterocycles. The number of hydrogen-bond acceptors (Lipinski definition) is 1. The molecule has 1 heteroatoms. The average molecular weight is 150 g/mol. The number of hydrogen-bond donors (Lipinski definition) is 0. The van der Waals surface area contributed by atoms with E-state index in [0.29, 0.717) is 5.92 Å². The molecule has 0 aliphatic heterocycles. The molecule has 0 spiro atoms. The monoisotopic (exact) mass is 150 g/mol. The van der Waals surface area contributed by atoms with E-state index in [2.05, 4.69) is 13.8 Å². The zero-order chi connectivity index (χ0) is 8.27. The number of rotatable bonds is 2. The quantitative estimate of drug-likeness (QED) is 0.553. The van der Waals surface area contributed by atoms with Gasteiger partial charge in [-0.25, -0.2) is 0 Å². The lowest BCUT2D eigenvalue weighted by atomic mass is 9.86. The topological polar surface area (TPSA) is 17.1 Å². The molecule has 0 heterocycles. The van der Waals surface area contributed by atoms with E-state index in [-0.39, 0.29) is 0 Å². The maximum atomic E-state index is 10.5. The first-order chi connectivity index (χ1) is 5.27. The first-order valence-electron chi connectivity index (χ1n) is 4.10. The van der Waals surface area contributed by atoms with E-state index in [1.54, 1.807) is 0 Å². The summed E-state index contributed by atoms with van der Waals surface area (Å²) in [6, 6.07) is 0. The zero-order valence-corrected chi connectivity index (χ0v) is 7.13. The van der Waals surface area contributed by atoms with Crippen LogP contribution >= 0.6 is 0 Å². The number of carbonyl (C=O) groups is 1. The van der Waals surface area contributed by atoms with Crippen LogP contribution in [0.25, 0.3) is 0 Å². The summed E-state index contributed by atoms with van der Waals surface area (Å²) in [6.07, 6.45) is 7.09. The minimum Gasteiger partial charge on any atom is -0.298 e. The first-order valence-corrected chi connectivity index (χ1v) is 4.10. The second-order valence-electron chi connectivity index (χ2n) is 3.11. The van der Waals surface area contributed by atoms with Crippen molar-refractivity contribution < 1.29 is 4.79 Å². The highest BCUT2D eigenvalue weighted by atomic mass is 16.1. The standard InChI is InChI=1S/C10H14O/c1-3-9-6-8(2)4-5-10(9)7-11/h4-5,7,9H,3,6H2,1-2H3/t9-/m0/s1. The third-order valence-electron chi connectivity index (χ3n) is 2.23. The Morgan fingerprint density at radius 2 is 2.36 bits per heavy atom. The molecular formula is C10H14O. The molecule has 1 rings (SSSR count). The Bertz CT molecular complexity index is 211. The molecule has 11 heavy (non-hydrogen) atoms. The van der Waals surface area contributed by atoms with Crippen LogP contribution in [0.5, 0.6) is 0 Å². The molecule has 0 aromatic rings. The first kappa shape index (κ1) is 8.25. The van der Waals surface area contributed by atoms with Gasteiger partial charge in [-0.15, -0.1) is 0 Å². The number of carbonyl (C=O) groups excluding carboxylic acids is 1. The summed E-state index contributed by atoms with van der Waals surface area (Å²) < 4.78 is 0. The predicted molar refractivity (Wildman–Crippen MR) is 46.3 cm³/mol. The molecule has 0 bridgehead atoms.